The van der Waals surface area contributed by atoms with Gasteiger partial charge in [-0.1, -0.05) is 0 Å². The van der Waals surface area contributed by atoms with Gasteiger partial charge in [0, 0.05) is 56.7 Å². The Kier molecular flexibility index (Phi) is 5.88. The standard InChI is InChI=1S/C18H26F2N6O/c1-4-25-11-15(14(3)21-25)10-23-5-7-24(8-6-23)17(27)12-26-13(2)9-16(22-26)18(19)20/h9,11,18H,4-8,10,12H2,1-3H3. The molecule has 1 aliphatic heterocycles. The first kappa shape index (κ1) is 19.5. The minimum absolute atomic E-state index is 0.000925. The molecule has 3 heterocycles. The number of hydrogen-bond donors (Lipinski definition) is 0. The molecule has 7 nitrogen and oxygen atoms in total. The van der Waals surface area contributed by atoms with Gasteiger partial charge in [0.1, 0.15) is 12.2 Å². The number of alkyl halides is 2. The minimum atomic E-state index is -2.62. The van der Waals surface area contributed by atoms with Crippen LogP contribution in [0, 0.1) is 13.8 Å². The van der Waals surface area contributed by atoms with Gasteiger partial charge in [-0.25, -0.2) is 8.78 Å². The average Bonchev–Trinajstić information content (AvgIpc) is 3.18. The predicted molar refractivity (Wildman–Crippen MR) is 96.4 cm³/mol. The first-order valence-corrected chi connectivity index (χ1v) is 9.23. The highest BCUT2D eigenvalue weighted by Crippen LogP contribution is 2.18. The van der Waals surface area contributed by atoms with Gasteiger partial charge in [0.2, 0.25) is 5.91 Å². The third-order valence-electron chi connectivity index (χ3n) is 5.00. The second-order valence-electron chi connectivity index (χ2n) is 6.92. The van der Waals surface area contributed by atoms with E-state index in [-0.39, 0.29) is 18.1 Å². The fourth-order valence-electron chi connectivity index (χ4n) is 3.30. The molecule has 0 spiro atoms. The van der Waals surface area contributed by atoms with E-state index in [0.717, 1.165) is 31.9 Å². The summed E-state index contributed by atoms with van der Waals surface area (Å²) in [6, 6.07) is 1.33. The second-order valence-corrected chi connectivity index (χ2v) is 6.92. The van der Waals surface area contributed by atoms with Crippen LogP contribution in [-0.4, -0.2) is 61.4 Å². The molecule has 0 radical (unpaired) electrons. The van der Waals surface area contributed by atoms with E-state index in [9.17, 15) is 13.6 Å². The van der Waals surface area contributed by atoms with E-state index in [1.807, 2.05) is 11.6 Å². The van der Waals surface area contributed by atoms with Gasteiger partial charge in [-0.15, -0.1) is 0 Å². The van der Waals surface area contributed by atoms with Crippen molar-refractivity contribution >= 4 is 5.91 Å². The zero-order valence-corrected chi connectivity index (χ0v) is 16.0. The highest BCUT2D eigenvalue weighted by Gasteiger charge is 2.23. The van der Waals surface area contributed by atoms with Gasteiger partial charge in [-0.2, -0.15) is 10.2 Å². The van der Waals surface area contributed by atoms with Crippen molar-refractivity contribution in [3.63, 3.8) is 0 Å². The van der Waals surface area contributed by atoms with Crippen LogP contribution < -0.4 is 0 Å². The predicted octanol–water partition coefficient (Wildman–Crippen LogP) is 2.00. The Morgan fingerprint density at radius 1 is 1.19 bits per heavy atom. The van der Waals surface area contributed by atoms with Crippen molar-refractivity contribution in [1.82, 2.24) is 29.4 Å². The zero-order valence-electron chi connectivity index (χ0n) is 16.0. The molecule has 148 valence electrons. The van der Waals surface area contributed by atoms with Crippen LogP contribution >= 0.6 is 0 Å². The molecule has 1 saturated heterocycles. The molecule has 2 aromatic rings. The smallest absolute Gasteiger partial charge is 0.282 e. The number of rotatable bonds is 6. The molecule has 27 heavy (non-hydrogen) atoms. The van der Waals surface area contributed by atoms with Gasteiger partial charge in [-0.05, 0) is 26.8 Å². The zero-order chi connectivity index (χ0) is 19.6. The van der Waals surface area contributed by atoms with E-state index in [0.29, 0.717) is 18.8 Å². The number of halogens is 2. The number of carbonyl (C=O) groups excluding carboxylic acids is 1. The minimum Gasteiger partial charge on any atom is -0.339 e. The summed E-state index contributed by atoms with van der Waals surface area (Å²) in [5, 5.41) is 8.30. The van der Waals surface area contributed by atoms with Gasteiger partial charge in [-0.3, -0.25) is 19.1 Å². The highest BCUT2D eigenvalue weighted by molar-refractivity contribution is 5.76. The average molecular weight is 380 g/mol. The first-order valence-electron chi connectivity index (χ1n) is 9.23. The van der Waals surface area contributed by atoms with Crippen molar-refractivity contribution in [2.24, 2.45) is 0 Å². The normalized spacial score (nSPS) is 15.7. The Labute approximate surface area is 157 Å². The van der Waals surface area contributed by atoms with Gasteiger partial charge < -0.3 is 4.90 Å². The quantitative estimate of drug-likeness (QED) is 0.769. The Morgan fingerprint density at radius 2 is 1.89 bits per heavy atom. The largest absolute Gasteiger partial charge is 0.339 e. The summed E-state index contributed by atoms with van der Waals surface area (Å²) in [5.41, 5.74) is 2.54. The lowest BCUT2D eigenvalue weighted by Gasteiger charge is -2.34. The van der Waals surface area contributed by atoms with Crippen LogP contribution in [0.3, 0.4) is 0 Å². The van der Waals surface area contributed by atoms with E-state index in [4.69, 9.17) is 0 Å². The lowest BCUT2D eigenvalue weighted by atomic mass is 10.2. The second kappa shape index (κ2) is 8.16. The maximum absolute atomic E-state index is 12.7. The number of nitrogens with zero attached hydrogens (tertiary/aromatic N) is 6. The first-order chi connectivity index (χ1) is 12.9. The van der Waals surface area contributed by atoms with Crippen molar-refractivity contribution in [2.75, 3.05) is 26.2 Å². The third-order valence-corrected chi connectivity index (χ3v) is 5.00. The fourth-order valence-corrected chi connectivity index (χ4v) is 3.30. The van der Waals surface area contributed by atoms with Crippen LogP contribution in [0.5, 0.6) is 0 Å². The molecule has 9 heteroatoms. The molecule has 0 aliphatic carbocycles. The Balaban J connectivity index is 1.52. The number of aromatic nitrogens is 4. The number of piperazine rings is 1. The van der Waals surface area contributed by atoms with Crippen molar-refractivity contribution in [1.29, 1.82) is 0 Å². The van der Waals surface area contributed by atoms with Crippen LogP contribution in [0.25, 0.3) is 0 Å². The van der Waals surface area contributed by atoms with Crippen molar-refractivity contribution in [3.8, 4) is 0 Å². The van der Waals surface area contributed by atoms with Gasteiger partial charge >= 0.3 is 0 Å². The lowest BCUT2D eigenvalue weighted by molar-refractivity contribution is -0.133. The summed E-state index contributed by atoms with van der Waals surface area (Å²) in [4.78, 5) is 16.6. The fraction of sp³-hybridized carbons (Fsp3) is 0.611. The Hall–Kier alpha value is -2.29. The van der Waals surface area contributed by atoms with Gasteiger partial charge in [0.05, 0.1) is 5.69 Å². The maximum Gasteiger partial charge on any atom is 0.282 e. The van der Waals surface area contributed by atoms with Crippen LogP contribution in [0.15, 0.2) is 12.3 Å². The van der Waals surface area contributed by atoms with E-state index in [1.165, 1.54) is 16.3 Å². The van der Waals surface area contributed by atoms with Crippen LogP contribution in [-0.2, 0) is 24.4 Å². The molecule has 0 atom stereocenters. The molecule has 1 amide bonds. The maximum atomic E-state index is 12.7. The number of carbonyl (C=O) groups is 1. The summed E-state index contributed by atoms with van der Waals surface area (Å²) >= 11 is 0. The SMILES string of the molecule is CCn1cc(CN2CCN(C(=O)Cn3nc(C(F)F)cc3C)CC2)c(C)n1. The van der Waals surface area contributed by atoms with E-state index in [2.05, 4.69) is 28.2 Å². The van der Waals surface area contributed by atoms with E-state index < -0.39 is 6.43 Å². The summed E-state index contributed by atoms with van der Waals surface area (Å²) in [5.74, 6) is -0.0864. The van der Waals surface area contributed by atoms with Gasteiger partial charge in [0.15, 0.2) is 0 Å². The van der Waals surface area contributed by atoms with Crippen molar-refractivity contribution in [2.45, 2.75) is 46.8 Å². The molecule has 1 fully saturated rings. The van der Waals surface area contributed by atoms with Gasteiger partial charge in [0.25, 0.3) is 6.43 Å². The Bertz CT molecular complexity index is 792. The van der Waals surface area contributed by atoms with Crippen molar-refractivity contribution in [3.05, 3.63) is 34.9 Å². The van der Waals surface area contributed by atoms with Crippen LogP contribution in [0.4, 0.5) is 8.78 Å². The molecule has 1 aliphatic rings. The summed E-state index contributed by atoms with van der Waals surface area (Å²) in [7, 11) is 0. The molecular formula is C18H26F2N6O. The van der Waals surface area contributed by atoms with Crippen LogP contribution in [0.1, 0.15) is 36.0 Å². The molecule has 0 N–H and O–H groups in total. The highest BCUT2D eigenvalue weighted by atomic mass is 19.3. The summed E-state index contributed by atoms with van der Waals surface area (Å²) in [6.07, 6.45) is -0.544. The molecule has 3 rings (SSSR count). The van der Waals surface area contributed by atoms with E-state index >= 15 is 0 Å². The van der Waals surface area contributed by atoms with E-state index in [1.54, 1.807) is 11.8 Å². The molecule has 0 aromatic carbocycles. The Morgan fingerprint density at radius 3 is 2.44 bits per heavy atom. The topological polar surface area (TPSA) is 59.2 Å². The molecule has 0 bridgehead atoms. The summed E-state index contributed by atoms with van der Waals surface area (Å²) < 4.78 is 28.8. The summed E-state index contributed by atoms with van der Waals surface area (Å²) in [6.45, 7) is 10.2. The number of aryl methyl sites for hydroxylation is 3. The van der Waals surface area contributed by atoms with Crippen molar-refractivity contribution < 1.29 is 13.6 Å². The number of hydrogen-bond acceptors (Lipinski definition) is 4. The molecular weight excluding hydrogens is 354 g/mol. The van der Waals surface area contributed by atoms with Crippen LogP contribution in [0.2, 0.25) is 0 Å². The monoisotopic (exact) mass is 380 g/mol. The molecule has 0 unspecified atom stereocenters. The molecule has 2 aromatic heterocycles. The molecule has 0 saturated carbocycles. The third kappa shape index (κ3) is 4.52. The lowest BCUT2D eigenvalue weighted by Crippen LogP contribution is -2.49. The number of amides is 1.